The van der Waals surface area contributed by atoms with Gasteiger partial charge < -0.3 is 14.8 Å². The molecule has 0 radical (unpaired) electrons. The van der Waals surface area contributed by atoms with Gasteiger partial charge in [-0.1, -0.05) is 11.6 Å². The lowest BCUT2D eigenvalue weighted by molar-refractivity contribution is 0.174. The Morgan fingerprint density at radius 3 is 3.14 bits per heavy atom. The number of benzene rings is 2. The number of ether oxygens (including phenoxy) is 2. The summed E-state index contributed by atoms with van der Waals surface area (Å²) in [5.41, 5.74) is 3.08. The van der Waals surface area contributed by atoms with E-state index in [0.29, 0.717) is 23.1 Å². The first-order valence-electron chi connectivity index (χ1n) is 6.54. The van der Waals surface area contributed by atoms with Crippen LogP contribution in [0.2, 0.25) is 5.02 Å². The molecule has 0 fully saturated rings. The summed E-state index contributed by atoms with van der Waals surface area (Å²) in [4.78, 5) is 0. The zero-order valence-corrected chi connectivity index (χ0v) is 11.8. The molecule has 2 N–H and O–H groups in total. The molecule has 21 heavy (non-hydrogen) atoms. The molecule has 0 saturated heterocycles. The largest absolute Gasteiger partial charge is 0.454 e. The number of anilines is 1. The highest BCUT2D eigenvalue weighted by Crippen LogP contribution is 2.39. The fourth-order valence-electron chi connectivity index (χ4n) is 2.38. The lowest BCUT2D eigenvalue weighted by Gasteiger charge is -2.08. The highest BCUT2D eigenvalue weighted by molar-refractivity contribution is 6.32. The molecule has 0 unspecified atom stereocenters. The van der Waals surface area contributed by atoms with Crippen molar-refractivity contribution in [1.82, 2.24) is 10.2 Å². The van der Waals surface area contributed by atoms with Crippen LogP contribution < -0.4 is 14.8 Å². The Labute approximate surface area is 125 Å². The average Bonchev–Trinajstić information content (AvgIpc) is 3.13. The number of aromatic amines is 1. The number of nitrogens with one attached hydrogen (secondary N) is 2. The molecule has 3 aromatic rings. The van der Waals surface area contributed by atoms with Crippen molar-refractivity contribution in [3.8, 4) is 11.5 Å². The molecular weight excluding hydrogens is 290 g/mol. The van der Waals surface area contributed by atoms with E-state index in [4.69, 9.17) is 21.1 Å². The van der Waals surface area contributed by atoms with E-state index in [1.54, 1.807) is 6.20 Å². The molecule has 0 atom stereocenters. The summed E-state index contributed by atoms with van der Waals surface area (Å²) in [5.74, 6) is 1.32. The van der Waals surface area contributed by atoms with Gasteiger partial charge in [-0.15, -0.1) is 0 Å². The van der Waals surface area contributed by atoms with Crippen LogP contribution in [0, 0.1) is 0 Å². The third-order valence-corrected chi connectivity index (χ3v) is 3.70. The number of H-pyrrole nitrogens is 1. The molecule has 6 heteroatoms. The standard InChI is InChI=1S/C15H12ClN3O2/c16-12-3-9(4-14-15(12)21-8-20-14)6-17-11-1-2-13-10(5-11)7-18-19-13/h1-5,7,17H,6,8H2,(H,18,19). The van der Waals surface area contributed by atoms with Crippen LogP contribution in [-0.4, -0.2) is 17.0 Å². The lowest BCUT2D eigenvalue weighted by atomic mass is 10.2. The first kappa shape index (κ1) is 12.3. The Hall–Kier alpha value is -2.40. The quantitative estimate of drug-likeness (QED) is 0.776. The van der Waals surface area contributed by atoms with Crippen molar-refractivity contribution in [1.29, 1.82) is 0 Å². The van der Waals surface area contributed by atoms with Gasteiger partial charge in [-0.25, -0.2) is 0 Å². The van der Waals surface area contributed by atoms with Gasteiger partial charge in [-0.2, -0.15) is 5.10 Å². The minimum Gasteiger partial charge on any atom is -0.454 e. The van der Waals surface area contributed by atoms with E-state index >= 15 is 0 Å². The van der Waals surface area contributed by atoms with E-state index in [0.717, 1.165) is 22.2 Å². The Balaban J connectivity index is 1.55. The molecule has 5 nitrogen and oxygen atoms in total. The third-order valence-electron chi connectivity index (χ3n) is 3.42. The average molecular weight is 302 g/mol. The highest BCUT2D eigenvalue weighted by atomic mass is 35.5. The van der Waals surface area contributed by atoms with Crippen molar-refractivity contribution in [2.45, 2.75) is 6.54 Å². The summed E-state index contributed by atoms with van der Waals surface area (Å²) in [6, 6.07) is 9.88. The molecule has 0 bridgehead atoms. The lowest BCUT2D eigenvalue weighted by Crippen LogP contribution is -1.99. The van der Waals surface area contributed by atoms with Crippen LogP contribution in [0.5, 0.6) is 11.5 Å². The van der Waals surface area contributed by atoms with Crippen LogP contribution >= 0.6 is 11.6 Å². The fourth-order valence-corrected chi connectivity index (χ4v) is 2.67. The molecule has 0 saturated carbocycles. The minimum atomic E-state index is 0.225. The summed E-state index contributed by atoms with van der Waals surface area (Å²) < 4.78 is 10.7. The van der Waals surface area contributed by atoms with Gasteiger partial charge in [0, 0.05) is 17.6 Å². The van der Waals surface area contributed by atoms with Gasteiger partial charge in [0.2, 0.25) is 6.79 Å². The first-order chi connectivity index (χ1) is 10.3. The normalized spacial score (nSPS) is 12.8. The number of hydrogen-bond donors (Lipinski definition) is 2. The first-order valence-corrected chi connectivity index (χ1v) is 6.92. The van der Waals surface area contributed by atoms with Gasteiger partial charge in [0.1, 0.15) is 0 Å². The van der Waals surface area contributed by atoms with Crippen molar-refractivity contribution in [2.24, 2.45) is 0 Å². The fraction of sp³-hybridized carbons (Fsp3) is 0.133. The molecule has 1 aliphatic rings. The highest BCUT2D eigenvalue weighted by Gasteiger charge is 2.18. The maximum atomic E-state index is 6.17. The van der Waals surface area contributed by atoms with Crippen LogP contribution in [0.1, 0.15) is 5.56 Å². The minimum absolute atomic E-state index is 0.225. The summed E-state index contributed by atoms with van der Waals surface area (Å²) in [6.45, 7) is 0.878. The van der Waals surface area contributed by atoms with E-state index in [1.165, 1.54) is 0 Å². The second kappa shape index (κ2) is 4.86. The summed E-state index contributed by atoms with van der Waals surface area (Å²) in [6.07, 6.45) is 1.80. The molecule has 0 spiro atoms. The van der Waals surface area contributed by atoms with E-state index in [1.807, 2.05) is 30.3 Å². The van der Waals surface area contributed by atoms with Crippen molar-refractivity contribution < 1.29 is 9.47 Å². The van der Waals surface area contributed by atoms with E-state index in [9.17, 15) is 0 Å². The van der Waals surface area contributed by atoms with Crippen LogP contribution in [0.25, 0.3) is 10.9 Å². The molecule has 1 aliphatic heterocycles. The SMILES string of the molecule is Clc1cc(CNc2ccc3[nH]ncc3c2)cc2c1OCO2. The predicted molar refractivity (Wildman–Crippen MR) is 81.0 cm³/mol. The van der Waals surface area contributed by atoms with Crippen molar-refractivity contribution in [2.75, 3.05) is 12.1 Å². The van der Waals surface area contributed by atoms with Crippen LogP contribution in [0.3, 0.4) is 0 Å². The van der Waals surface area contributed by atoms with Crippen molar-refractivity contribution in [3.63, 3.8) is 0 Å². The number of halogens is 1. The Morgan fingerprint density at radius 1 is 1.24 bits per heavy atom. The molecule has 106 valence electrons. The van der Waals surface area contributed by atoms with Gasteiger partial charge in [0.15, 0.2) is 11.5 Å². The second-order valence-corrected chi connectivity index (χ2v) is 5.24. The van der Waals surface area contributed by atoms with Crippen LogP contribution in [0.15, 0.2) is 36.5 Å². The van der Waals surface area contributed by atoms with Gasteiger partial charge >= 0.3 is 0 Å². The third kappa shape index (κ3) is 2.25. The van der Waals surface area contributed by atoms with Crippen molar-refractivity contribution >= 4 is 28.2 Å². The summed E-state index contributed by atoms with van der Waals surface area (Å²) >= 11 is 6.17. The molecule has 1 aromatic heterocycles. The molecular formula is C15H12ClN3O2. The second-order valence-electron chi connectivity index (χ2n) is 4.84. The Bertz CT molecular complexity index is 816. The molecule has 4 rings (SSSR count). The summed E-state index contributed by atoms with van der Waals surface area (Å²) in [7, 11) is 0. The maximum absolute atomic E-state index is 6.17. The number of fused-ring (bicyclic) bond motifs is 2. The predicted octanol–water partition coefficient (Wildman–Crippen LogP) is 3.56. The van der Waals surface area contributed by atoms with Gasteiger partial charge in [0.05, 0.1) is 16.7 Å². The number of nitrogens with zero attached hydrogens (tertiary/aromatic N) is 1. The van der Waals surface area contributed by atoms with Gasteiger partial charge in [-0.3, -0.25) is 5.10 Å². The van der Waals surface area contributed by atoms with E-state index in [2.05, 4.69) is 15.5 Å². The maximum Gasteiger partial charge on any atom is 0.231 e. The monoisotopic (exact) mass is 301 g/mol. The topological polar surface area (TPSA) is 59.2 Å². The molecule has 0 aliphatic carbocycles. The number of hydrogen-bond acceptors (Lipinski definition) is 4. The molecule has 0 amide bonds. The van der Waals surface area contributed by atoms with Crippen LogP contribution in [-0.2, 0) is 6.54 Å². The zero-order valence-electron chi connectivity index (χ0n) is 11.0. The van der Waals surface area contributed by atoms with Crippen molar-refractivity contribution in [3.05, 3.63) is 47.1 Å². The van der Waals surface area contributed by atoms with E-state index in [-0.39, 0.29) is 6.79 Å². The Kier molecular flexibility index (Phi) is 2.86. The van der Waals surface area contributed by atoms with Gasteiger partial charge in [-0.05, 0) is 35.9 Å². The Morgan fingerprint density at radius 2 is 2.19 bits per heavy atom. The number of rotatable bonds is 3. The number of aromatic nitrogens is 2. The molecule has 2 heterocycles. The summed E-state index contributed by atoms with van der Waals surface area (Å²) in [5, 5.41) is 12.0. The molecule has 2 aromatic carbocycles. The van der Waals surface area contributed by atoms with E-state index < -0.39 is 0 Å². The zero-order chi connectivity index (χ0) is 14.2. The smallest absolute Gasteiger partial charge is 0.231 e. The van der Waals surface area contributed by atoms with Crippen LogP contribution in [0.4, 0.5) is 5.69 Å². The van der Waals surface area contributed by atoms with Gasteiger partial charge in [0.25, 0.3) is 0 Å².